The molecule has 0 radical (unpaired) electrons. The number of hydrogen-bond donors (Lipinski definition) is 1. The molecule has 102 valence electrons. The molecule has 2 aromatic rings. The zero-order valence-corrected chi connectivity index (χ0v) is 11.7. The molecule has 3 heteroatoms. The van der Waals surface area contributed by atoms with E-state index in [4.69, 9.17) is 10.7 Å². The van der Waals surface area contributed by atoms with Crippen molar-refractivity contribution in [2.75, 3.05) is 0 Å². The number of fused-ring (bicyclic) bond motifs is 1. The fraction of sp³-hybridized carbons (Fsp3) is 0.562. The van der Waals surface area contributed by atoms with Crippen molar-refractivity contribution in [1.82, 2.24) is 9.55 Å². The van der Waals surface area contributed by atoms with Crippen LogP contribution >= 0.6 is 0 Å². The molecule has 1 aromatic carbocycles. The van der Waals surface area contributed by atoms with Crippen molar-refractivity contribution in [2.24, 2.45) is 18.7 Å². The number of aromatic nitrogens is 2. The first-order chi connectivity index (χ1) is 9.29. The average Bonchev–Trinajstić information content (AvgIpc) is 3.05. The third-order valence-corrected chi connectivity index (χ3v) is 4.56. The van der Waals surface area contributed by atoms with Crippen molar-refractivity contribution in [2.45, 2.75) is 45.1 Å². The SMILES string of the molecule is Cn1c(CCC2CCCC2)nc2c(CN)cccc21. The molecule has 0 bridgehead atoms. The summed E-state index contributed by atoms with van der Waals surface area (Å²) in [6.07, 6.45) is 8.06. The van der Waals surface area contributed by atoms with Crippen LogP contribution in [0.15, 0.2) is 18.2 Å². The normalized spacial score (nSPS) is 16.5. The van der Waals surface area contributed by atoms with E-state index in [0.29, 0.717) is 6.54 Å². The lowest BCUT2D eigenvalue weighted by Crippen LogP contribution is -2.02. The van der Waals surface area contributed by atoms with E-state index in [0.717, 1.165) is 23.4 Å². The molecular weight excluding hydrogens is 234 g/mol. The summed E-state index contributed by atoms with van der Waals surface area (Å²) < 4.78 is 2.24. The smallest absolute Gasteiger partial charge is 0.109 e. The maximum atomic E-state index is 5.80. The van der Waals surface area contributed by atoms with Crippen molar-refractivity contribution in [3.05, 3.63) is 29.6 Å². The molecule has 2 N–H and O–H groups in total. The summed E-state index contributed by atoms with van der Waals surface area (Å²) in [4.78, 5) is 4.83. The fourth-order valence-electron chi connectivity index (χ4n) is 3.34. The lowest BCUT2D eigenvalue weighted by molar-refractivity contribution is 0.493. The summed E-state index contributed by atoms with van der Waals surface area (Å²) in [5.41, 5.74) is 9.26. The Morgan fingerprint density at radius 1 is 1.32 bits per heavy atom. The summed E-state index contributed by atoms with van der Waals surface area (Å²) in [5.74, 6) is 2.14. The molecule has 1 aliphatic carbocycles. The Hall–Kier alpha value is -1.35. The van der Waals surface area contributed by atoms with E-state index >= 15 is 0 Å². The Morgan fingerprint density at radius 3 is 2.84 bits per heavy atom. The third kappa shape index (κ3) is 2.39. The number of hydrogen-bond acceptors (Lipinski definition) is 2. The lowest BCUT2D eigenvalue weighted by atomic mass is 10.0. The molecule has 0 atom stereocenters. The largest absolute Gasteiger partial charge is 0.331 e. The molecule has 0 saturated heterocycles. The van der Waals surface area contributed by atoms with Gasteiger partial charge >= 0.3 is 0 Å². The van der Waals surface area contributed by atoms with E-state index in [1.807, 2.05) is 0 Å². The van der Waals surface area contributed by atoms with Crippen LogP contribution in [-0.4, -0.2) is 9.55 Å². The molecule has 1 fully saturated rings. The Kier molecular flexibility index (Phi) is 3.56. The number of para-hydroxylation sites is 1. The van der Waals surface area contributed by atoms with Crippen LogP contribution in [0.4, 0.5) is 0 Å². The molecule has 1 saturated carbocycles. The molecule has 0 aliphatic heterocycles. The zero-order chi connectivity index (χ0) is 13.2. The van der Waals surface area contributed by atoms with Crippen LogP contribution in [0.3, 0.4) is 0 Å². The zero-order valence-electron chi connectivity index (χ0n) is 11.7. The average molecular weight is 257 g/mol. The first-order valence-electron chi connectivity index (χ1n) is 7.43. The highest BCUT2D eigenvalue weighted by Crippen LogP contribution is 2.29. The highest BCUT2D eigenvalue weighted by molar-refractivity contribution is 5.79. The molecule has 1 aromatic heterocycles. The number of benzene rings is 1. The Bertz CT molecular complexity index is 565. The minimum absolute atomic E-state index is 0.566. The van der Waals surface area contributed by atoms with E-state index in [1.165, 1.54) is 43.4 Å². The maximum Gasteiger partial charge on any atom is 0.109 e. The van der Waals surface area contributed by atoms with Gasteiger partial charge in [0.1, 0.15) is 5.82 Å². The van der Waals surface area contributed by atoms with Gasteiger partial charge in [-0.25, -0.2) is 4.98 Å². The molecule has 3 rings (SSSR count). The van der Waals surface area contributed by atoms with Gasteiger partial charge in [-0.3, -0.25) is 0 Å². The van der Waals surface area contributed by atoms with E-state index in [-0.39, 0.29) is 0 Å². The number of nitrogens with two attached hydrogens (primary N) is 1. The van der Waals surface area contributed by atoms with Gasteiger partial charge in [0.15, 0.2) is 0 Å². The summed E-state index contributed by atoms with van der Waals surface area (Å²) in [6.45, 7) is 0.566. The summed E-state index contributed by atoms with van der Waals surface area (Å²) in [6, 6.07) is 6.30. The molecule has 3 nitrogen and oxygen atoms in total. The predicted octanol–water partition coefficient (Wildman–Crippen LogP) is 3.15. The molecule has 1 heterocycles. The number of aryl methyl sites for hydroxylation is 2. The summed E-state index contributed by atoms with van der Waals surface area (Å²) >= 11 is 0. The maximum absolute atomic E-state index is 5.80. The highest BCUT2D eigenvalue weighted by Gasteiger charge is 2.17. The van der Waals surface area contributed by atoms with Crippen LogP contribution < -0.4 is 5.73 Å². The van der Waals surface area contributed by atoms with E-state index in [1.54, 1.807) is 0 Å². The quantitative estimate of drug-likeness (QED) is 0.914. The van der Waals surface area contributed by atoms with Gasteiger partial charge in [-0.2, -0.15) is 0 Å². The molecular formula is C16H23N3. The van der Waals surface area contributed by atoms with Crippen molar-refractivity contribution in [3.8, 4) is 0 Å². The second kappa shape index (κ2) is 5.33. The standard InChI is InChI=1S/C16H23N3/c1-19-14-8-4-7-13(11-17)16(14)18-15(19)10-9-12-5-2-3-6-12/h4,7-8,12H,2-3,5-6,9-11,17H2,1H3. The number of rotatable bonds is 4. The van der Waals surface area contributed by atoms with E-state index in [9.17, 15) is 0 Å². The van der Waals surface area contributed by atoms with Crippen LogP contribution in [0.5, 0.6) is 0 Å². The summed E-state index contributed by atoms with van der Waals surface area (Å²) in [5, 5.41) is 0. The van der Waals surface area contributed by atoms with Gasteiger partial charge < -0.3 is 10.3 Å². The van der Waals surface area contributed by atoms with Crippen LogP contribution in [0.1, 0.15) is 43.5 Å². The first kappa shape index (κ1) is 12.7. The van der Waals surface area contributed by atoms with Gasteiger partial charge in [-0.05, 0) is 24.0 Å². The van der Waals surface area contributed by atoms with Gasteiger partial charge in [0.25, 0.3) is 0 Å². The predicted molar refractivity (Wildman–Crippen MR) is 78.9 cm³/mol. The van der Waals surface area contributed by atoms with Gasteiger partial charge in [-0.1, -0.05) is 37.8 Å². The van der Waals surface area contributed by atoms with E-state index < -0.39 is 0 Å². The Morgan fingerprint density at radius 2 is 2.11 bits per heavy atom. The van der Waals surface area contributed by atoms with Crippen LogP contribution in [0, 0.1) is 5.92 Å². The minimum atomic E-state index is 0.566. The fourth-order valence-corrected chi connectivity index (χ4v) is 3.34. The Labute approximate surface area is 114 Å². The molecule has 0 spiro atoms. The van der Waals surface area contributed by atoms with Crippen molar-refractivity contribution in [1.29, 1.82) is 0 Å². The molecule has 19 heavy (non-hydrogen) atoms. The third-order valence-electron chi connectivity index (χ3n) is 4.56. The van der Waals surface area contributed by atoms with Crippen LogP contribution in [0.25, 0.3) is 11.0 Å². The van der Waals surface area contributed by atoms with E-state index in [2.05, 4.69) is 29.8 Å². The molecule has 1 aliphatic rings. The van der Waals surface area contributed by atoms with Crippen molar-refractivity contribution < 1.29 is 0 Å². The topological polar surface area (TPSA) is 43.8 Å². The second-order valence-corrected chi connectivity index (χ2v) is 5.77. The van der Waals surface area contributed by atoms with Gasteiger partial charge in [-0.15, -0.1) is 0 Å². The van der Waals surface area contributed by atoms with Crippen molar-refractivity contribution >= 4 is 11.0 Å². The number of nitrogens with zero attached hydrogens (tertiary/aromatic N) is 2. The Balaban J connectivity index is 1.84. The molecule has 0 unspecified atom stereocenters. The number of imidazole rings is 1. The molecule has 0 amide bonds. The van der Waals surface area contributed by atoms with Gasteiger partial charge in [0.05, 0.1) is 11.0 Å². The van der Waals surface area contributed by atoms with Gasteiger partial charge in [0.2, 0.25) is 0 Å². The monoisotopic (exact) mass is 257 g/mol. The first-order valence-corrected chi connectivity index (χ1v) is 7.43. The lowest BCUT2D eigenvalue weighted by Gasteiger charge is -2.08. The van der Waals surface area contributed by atoms with Gasteiger partial charge in [0, 0.05) is 20.0 Å². The summed E-state index contributed by atoms with van der Waals surface area (Å²) in [7, 11) is 2.12. The van der Waals surface area contributed by atoms with Crippen LogP contribution in [-0.2, 0) is 20.0 Å². The highest BCUT2D eigenvalue weighted by atomic mass is 15.1. The van der Waals surface area contributed by atoms with Crippen LogP contribution in [0.2, 0.25) is 0 Å². The second-order valence-electron chi connectivity index (χ2n) is 5.77. The minimum Gasteiger partial charge on any atom is -0.331 e. The van der Waals surface area contributed by atoms with Crippen molar-refractivity contribution in [3.63, 3.8) is 0 Å².